The maximum atomic E-state index is 11.1. The quantitative estimate of drug-likeness (QED) is 0.817. The minimum atomic E-state index is -0.773. The smallest absolute Gasteiger partial charge is 0.336 e. The van der Waals surface area contributed by atoms with E-state index in [1.807, 2.05) is 0 Å². The minimum Gasteiger partial charge on any atom is -0.508 e. The molecule has 0 saturated carbocycles. The number of aryl methyl sites for hydroxylation is 1. The number of fused-ring (bicyclic) bond motifs is 1. The molecule has 0 fully saturated rings. The zero-order valence-corrected chi connectivity index (χ0v) is 10.4. The molecule has 1 aromatic carbocycles. The number of rotatable bonds is 3. The van der Waals surface area contributed by atoms with Gasteiger partial charge in [0.2, 0.25) is 0 Å². The third-order valence-electron chi connectivity index (χ3n) is 2.83. The largest absolute Gasteiger partial charge is 0.508 e. The number of phenols is 1. The van der Waals surface area contributed by atoms with Crippen molar-refractivity contribution in [2.24, 2.45) is 0 Å². The molecular formula is C14H16O4. The third kappa shape index (κ3) is 2.90. The maximum absolute atomic E-state index is 11.1. The first kappa shape index (κ1) is 12.6. The van der Waals surface area contributed by atoms with Gasteiger partial charge in [-0.25, -0.2) is 4.79 Å². The van der Waals surface area contributed by atoms with E-state index in [9.17, 15) is 15.0 Å². The van der Waals surface area contributed by atoms with Crippen molar-refractivity contribution in [3.05, 3.63) is 40.2 Å². The number of phenolic OH excluding ortho intramolecular Hbond substituents is 1. The number of hydrogen-bond acceptors (Lipinski definition) is 4. The monoisotopic (exact) mass is 248 g/mol. The molecule has 18 heavy (non-hydrogen) atoms. The fourth-order valence-corrected chi connectivity index (χ4v) is 1.79. The van der Waals surface area contributed by atoms with Gasteiger partial charge in [-0.15, -0.1) is 0 Å². The fourth-order valence-electron chi connectivity index (χ4n) is 1.79. The summed E-state index contributed by atoms with van der Waals surface area (Å²) in [5, 5.41) is 20.3. The van der Waals surface area contributed by atoms with Crippen molar-refractivity contribution in [2.75, 3.05) is 0 Å². The molecule has 2 rings (SSSR count). The number of benzene rings is 1. The molecule has 2 aromatic rings. The van der Waals surface area contributed by atoms with Crippen LogP contribution in [0.4, 0.5) is 0 Å². The van der Waals surface area contributed by atoms with Gasteiger partial charge in [0.25, 0.3) is 0 Å². The van der Waals surface area contributed by atoms with Crippen molar-refractivity contribution < 1.29 is 14.6 Å². The molecule has 0 unspecified atom stereocenters. The molecule has 0 aliphatic rings. The lowest BCUT2D eigenvalue weighted by Gasteiger charge is -2.17. The molecule has 0 atom stereocenters. The summed E-state index contributed by atoms with van der Waals surface area (Å²) in [6.45, 7) is 3.45. The van der Waals surface area contributed by atoms with E-state index in [1.54, 1.807) is 26.0 Å². The second kappa shape index (κ2) is 4.46. The van der Waals surface area contributed by atoms with Gasteiger partial charge in [0.1, 0.15) is 11.3 Å². The summed E-state index contributed by atoms with van der Waals surface area (Å²) in [6.07, 6.45) is 1.10. The maximum Gasteiger partial charge on any atom is 0.336 e. The summed E-state index contributed by atoms with van der Waals surface area (Å²) in [6, 6.07) is 6.23. The van der Waals surface area contributed by atoms with E-state index in [4.69, 9.17) is 4.42 Å². The van der Waals surface area contributed by atoms with Crippen LogP contribution in [0.2, 0.25) is 0 Å². The predicted molar refractivity (Wildman–Crippen MR) is 68.8 cm³/mol. The lowest BCUT2D eigenvalue weighted by Crippen LogP contribution is -2.19. The highest BCUT2D eigenvalue weighted by molar-refractivity contribution is 5.79. The van der Waals surface area contributed by atoms with Crippen LogP contribution in [0.1, 0.15) is 25.8 Å². The first-order valence-electron chi connectivity index (χ1n) is 5.83. The molecule has 1 aromatic heterocycles. The Kier molecular flexibility index (Phi) is 3.13. The molecule has 0 radical (unpaired) electrons. The Morgan fingerprint density at radius 1 is 1.28 bits per heavy atom. The van der Waals surface area contributed by atoms with Crippen LogP contribution >= 0.6 is 0 Å². The highest BCUT2D eigenvalue weighted by atomic mass is 16.4. The van der Waals surface area contributed by atoms with Gasteiger partial charge >= 0.3 is 5.63 Å². The van der Waals surface area contributed by atoms with Crippen LogP contribution in [-0.2, 0) is 6.42 Å². The molecule has 0 spiro atoms. The van der Waals surface area contributed by atoms with Gasteiger partial charge in [0, 0.05) is 17.5 Å². The summed E-state index contributed by atoms with van der Waals surface area (Å²) < 4.78 is 4.98. The molecule has 0 bridgehead atoms. The third-order valence-corrected chi connectivity index (χ3v) is 2.83. The Hall–Kier alpha value is -1.81. The molecule has 96 valence electrons. The van der Waals surface area contributed by atoms with Crippen molar-refractivity contribution in [1.29, 1.82) is 0 Å². The van der Waals surface area contributed by atoms with Gasteiger partial charge in [-0.05, 0) is 44.4 Å². The molecule has 0 amide bonds. The second-order valence-corrected chi connectivity index (χ2v) is 5.09. The normalized spacial score (nSPS) is 11.9. The average molecular weight is 248 g/mol. The highest BCUT2D eigenvalue weighted by Crippen LogP contribution is 2.26. The van der Waals surface area contributed by atoms with Crippen molar-refractivity contribution in [3.63, 3.8) is 0 Å². The molecule has 1 heterocycles. The molecular weight excluding hydrogens is 232 g/mol. The number of aliphatic hydroxyl groups is 1. The van der Waals surface area contributed by atoms with E-state index in [0.717, 1.165) is 10.9 Å². The predicted octanol–water partition coefficient (Wildman–Crippen LogP) is 2.20. The van der Waals surface area contributed by atoms with Crippen LogP contribution in [-0.4, -0.2) is 15.8 Å². The lowest BCUT2D eigenvalue weighted by atomic mass is 9.97. The van der Waals surface area contributed by atoms with E-state index in [-0.39, 0.29) is 5.75 Å². The van der Waals surface area contributed by atoms with Crippen LogP contribution in [0, 0.1) is 0 Å². The summed E-state index contributed by atoms with van der Waals surface area (Å²) >= 11 is 0. The van der Waals surface area contributed by atoms with E-state index in [0.29, 0.717) is 18.4 Å². The molecule has 4 heteroatoms. The summed E-state index contributed by atoms with van der Waals surface area (Å²) in [5.41, 5.74) is -0.110. The Balaban J connectivity index is 2.37. The first-order valence-corrected chi connectivity index (χ1v) is 5.83. The second-order valence-electron chi connectivity index (χ2n) is 5.09. The zero-order valence-electron chi connectivity index (χ0n) is 10.4. The molecule has 4 nitrogen and oxygen atoms in total. The van der Waals surface area contributed by atoms with Gasteiger partial charge in [-0.2, -0.15) is 0 Å². The lowest BCUT2D eigenvalue weighted by molar-refractivity contribution is 0.0713. The van der Waals surface area contributed by atoms with Gasteiger partial charge in [-0.1, -0.05) is 0 Å². The number of aromatic hydroxyl groups is 1. The van der Waals surface area contributed by atoms with Crippen LogP contribution in [0.25, 0.3) is 11.0 Å². The standard InChI is InChI=1S/C14H16O4/c1-14(2,17)6-5-9-7-10-3-4-13(16)18-12(10)8-11(9)15/h3-4,7-8,15,17H,5-6H2,1-2H3. The highest BCUT2D eigenvalue weighted by Gasteiger charge is 2.14. The number of hydrogen-bond donors (Lipinski definition) is 2. The topological polar surface area (TPSA) is 70.7 Å². The molecule has 0 aliphatic carbocycles. The van der Waals surface area contributed by atoms with E-state index >= 15 is 0 Å². The van der Waals surface area contributed by atoms with E-state index in [2.05, 4.69) is 0 Å². The minimum absolute atomic E-state index is 0.0844. The van der Waals surface area contributed by atoms with Crippen LogP contribution in [0.15, 0.2) is 33.5 Å². The van der Waals surface area contributed by atoms with Crippen LogP contribution < -0.4 is 5.63 Å². The SMILES string of the molecule is CC(C)(O)CCc1cc2ccc(=O)oc2cc1O. The van der Waals surface area contributed by atoms with E-state index in [1.165, 1.54) is 12.1 Å². The van der Waals surface area contributed by atoms with Crippen molar-refractivity contribution in [3.8, 4) is 5.75 Å². The van der Waals surface area contributed by atoms with Gasteiger partial charge in [0.15, 0.2) is 0 Å². The zero-order chi connectivity index (χ0) is 13.3. The molecule has 2 N–H and O–H groups in total. The van der Waals surface area contributed by atoms with Gasteiger partial charge in [-0.3, -0.25) is 0 Å². The van der Waals surface area contributed by atoms with Crippen LogP contribution in [0.5, 0.6) is 5.75 Å². The summed E-state index contributed by atoms with van der Waals surface area (Å²) in [4.78, 5) is 11.1. The summed E-state index contributed by atoms with van der Waals surface area (Å²) in [7, 11) is 0. The van der Waals surface area contributed by atoms with Crippen molar-refractivity contribution >= 4 is 11.0 Å². The van der Waals surface area contributed by atoms with Gasteiger partial charge < -0.3 is 14.6 Å². The van der Waals surface area contributed by atoms with Gasteiger partial charge in [0.05, 0.1) is 5.60 Å². The molecule has 0 saturated heterocycles. The average Bonchev–Trinajstić information content (AvgIpc) is 2.25. The van der Waals surface area contributed by atoms with Crippen LogP contribution in [0.3, 0.4) is 0 Å². The molecule has 0 aliphatic heterocycles. The Labute approximate surface area is 104 Å². The Morgan fingerprint density at radius 2 is 2.00 bits per heavy atom. The van der Waals surface area contributed by atoms with E-state index < -0.39 is 11.2 Å². The van der Waals surface area contributed by atoms with Crippen molar-refractivity contribution in [2.45, 2.75) is 32.3 Å². The Morgan fingerprint density at radius 3 is 2.67 bits per heavy atom. The van der Waals surface area contributed by atoms with Crippen molar-refractivity contribution in [1.82, 2.24) is 0 Å². The summed E-state index contributed by atoms with van der Waals surface area (Å²) in [5.74, 6) is 0.0844. The Bertz CT molecular complexity index is 620. The first-order chi connectivity index (χ1) is 8.35. The fraction of sp³-hybridized carbons (Fsp3) is 0.357.